The molecule has 2 N–H and O–H groups in total. The van der Waals surface area contributed by atoms with Gasteiger partial charge in [-0.2, -0.15) is 0 Å². The molecule has 1 aromatic heterocycles. The lowest BCUT2D eigenvalue weighted by Crippen LogP contribution is -2.51. The van der Waals surface area contributed by atoms with Gasteiger partial charge >= 0.3 is 5.69 Å². The summed E-state index contributed by atoms with van der Waals surface area (Å²) in [4.78, 5) is 38.4. The number of H-pyrrole nitrogens is 1. The summed E-state index contributed by atoms with van der Waals surface area (Å²) < 4.78 is 21.9. The number of hydrogen-bond donors (Lipinski definition) is 2. The van der Waals surface area contributed by atoms with Crippen LogP contribution in [-0.4, -0.2) is 58.1 Å². The second kappa shape index (κ2) is 10.9. The molecule has 2 rings (SSSR count). The molecular formula is C27H54N2O6Si3. The Morgan fingerprint density at radius 2 is 1.47 bits per heavy atom. The van der Waals surface area contributed by atoms with Gasteiger partial charge in [-0.15, -0.1) is 0 Å². The van der Waals surface area contributed by atoms with Crippen LogP contribution in [0.15, 0.2) is 21.9 Å². The second-order valence-corrected chi connectivity index (χ2v) is 29.3. The second-order valence-electron chi connectivity index (χ2n) is 15.3. The zero-order chi connectivity index (χ0) is 29.7. The van der Waals surface area contributed by atoms with E-state index in [4.69, 9.17) is 13.6 Å². The SMILES string of the molecule is CC(C)(C[C@H]1C(O[Si](C)(C)C(C)(C)C)[C@@H](CO[Si](C)(C)C(C)(C)C)O[C@H]1n1ccc(=O)[nH]c1=O)[Si](C)(C)O. The molecule has 2 heterocycles. The Labute approximate surface area is 232 Å². The van der Waals surface area contributed by atoms with Crippen LogP contribution >= 0.6 is 0 Å². The smallest absolute Gasteiger partial charge is 0.330 e. The summed E-state index contributed by atoms with van der Waals surface area (Å²) in [6.45, 7) is 30.6. The summed E-state index contributed by atoms with van der Waals surface area (Å²) in [5, 5.41) is -0.379. The van der Waals surface area contributed by atoms with Crippen LogP contribution in [0.3, 0.4) is 0 Å². The first-order valence-corrected chi connectivity index (χ1v) is 22.6. The van der Waals surface area contributed by atoms with Crippen LogP contribution < -0.4 is 11.2 Å². The van der Waals surface area contributed by atoms with Crippen molar-refractivity contribution in [1.82, 2.24) is 9.55 Å². The molecule has 1 unspecified atom stereocenters. The van der Waals surface area contributed by atoms with E-state index in [2.05, 4.69) is 86.6 Å². The molecule has 0 aliphatic carbocycles. The van der Waals surface area contributed by atoms with Gasteiger partial charge in [0.1, 0.15) is 12.3 Å². The lowest BCUT2D eigenvalue weighted by molar-refractivity contribution is -0.0447. The number of rotatable bonds is 9. The van der Waals surface area contributed by atoms with Crippen molar-refractivity contribution in [1.29, 1.82) is 0 Å². The lowest BCUT2D eigenvalue weighted by atomic mass is 9.89. The van der Waals surface area contributed by atoms with E-state index in [9.17, 15) is 14.4 Å². The molecule has 38 heavy (non-hydrogen) atoms. The molecule has 1 saturated heterocycles. The molecular weight excluding hydrogens is 533 g/mol. The molecule has 1 aliphatic heterocycles. The Bertz CT molecular complexity index is 1080. The third-order valence-electron chi connectivity index (χ3n) is 9.65. The molecule has 0 aromatic carbocycles. The highest BCUT2D eigenvalue weighted by Crippen LogP contribution is 2.51. The van der Waals surface area contributed by atoms with E-state index in [0.717, 1.165) is 0 Å². The van der Waals surface area contributed by atoms with Gasteiger partial charge in [-0.3, -0.25) is 14.3 Å². The van der Waals surface area contributed by atoms with Crippen molar-refractivity contribution in [2.75, 3.05) is 6.61 Å². The summed E-state index contributed by atoms with van der Waals surface area (Å²) in [7, 11) is -6.94. The molecule has 1 fully saturated rings. The largest absolute Gasteiger partial charge is 0.432 e. The third-order valence-corrected chi connectivity index (χ3v) is 22.1. The summed E-state index contributed by atoms with van der Waals surface area (Å²) in [5.74, 6) is -0.227. The molecule has 1 aromatic rings. The normalized spacial score (nSPS) is 24.2. The van der Waals surface area contributed by atoms with Crippen LogP contribution in [0.1, 0.15) is 68.0 Å². The molecule has 0 saturated carbocycles. The highest BCUT2D eigenvalue weighted by atomic mass is 28.4. The molecule has 11 heteroatoms. The van der Waals surface area contributed by atoms with Crippen LogP contribution in [0.2, 0.25) is 54.4 Å². The first-order valence-electron chi connectivity index (χ1n) is 13.8. The van der Waals surface area contributed by atoms with E-state index in [1.165, 1.54) is 16.8 Å². The highest BCUT2D eigenvalue weighted by molar-refractivity contribution is 6.74. The monoisotopic (exact) mass is 586 g/mol. The molecule has 8 nitrogen and oxygen atoms in total. The lowest BCUT2D eigenvalue weighted by Gasteiger charge is -2.44. The molecule has 0 radical (unpaired) electrons. The van der Waals surface area contributed by atoms with Crippen molar-refractivity contribution in [3.05, 3.63) is 33.1 Å². The first-order chi connectivity index (χ1) is 16.8. The number of aromatic nitrogens is 2. The minimum atomic E-state index is -2.59. The van der Waals surface area contributed by atoms with E-state index >= 15 is 0 Å². The van der Waals surface area contributed by atoms with Crippen LogP contribution in [0.4, 0.5) is 0 Å². The zero-order valence-electron chi connectivity index (χ0n) is 26.3. The van der Waals surface area contributed by atoms with Gasteiger partial charge < -0.3 is 18.4 Å². The molecule has 4 atom stereocenters. The molecule has 220 valence electrons. The molecule has 0 bridgehead atoms. The Kier molecular flexibility index (Phi) is 9.54. The van der Waals surface area contributed by atoms with Crippen molar-refractivity contribution >= 4 is 25.0 Å². The van der Waals surface area contributed by atoms with Gasteiger partial charge in [0.2, 0.25) is 0 Å². The van der Waals surface area contributed by atoms with Gasteiger partial charge in [0.15, 0.2) is 25.0 Å². The molecule has 0 amide bonds. The van der Waals surface area contributed by atoms with Crippen molar-refractivity contribution in [3.63, 3.8) is 0 Å². The Morgan fingerprint density at radius 1 is 0.947 bits per heavy atom. The molecule has 0 spiro atoms. The summed E-state index contributed by atoms with van der Waals surface area (Å²) >= 11 is 0. The summed E-state index contributed by atoms with van der Waals surface area (Å²) in [6.07, 6.45) is 0.729. The van der Waals surface area contributed by atoms with E-state index in [0.29, 0.717) is 13.0 Å². The minimum Gasteiger partial charge on any atom is -0.432 e. The summed E-state index contributed by atoms with van der Waals surface area (Å²) in [5.41, 5.74) is -0.959. The highest BCUT2D eigenvalue weighted by Gasteiger charge is 2.54. The maximum Gasteiger partial charge on any atom is 0.330 e. The predicted octanol–water partition coefficient (Wildman–Crippen LogP) is 5.83. The maximum atomic E-state index is 13.0. The van der Waals surface area contributed by atoms with Gasteiger partial charge in [-0.05, 0) is 60.8 Å². The Morgan fingerprint density at radius 3 is 1.92 bits per heavy atom. The van der Waals surface area contributed by atoms with Gasteiger partial charge in [0, 0.05) is 18.2 Å². The third kappa shape index (κ3) is 7.27. The van der Waals surface area contributed by atoms with Gasteiger partial charge in [0.25, 0.3) is 5.56 Å². The van der Waals surface area contributed by atoms with Crippen molar-refractivity contribution in [2.24, 2.45) is 5.92 Å². The van der Waals surface area contributed by atoms with E-state index < -0.39 is 48.5 Å². The van der Waals surface area contributed by atoms with Crippen molar-refractivity contribution in [3.8, 4) is 0 Å². The van der Waals surface area contributed by atoms with Gasteiger partial charge in [-0.25, -0.2) is 4.79 Å². The zero-order valence-corrected chi connectivity index (χ0v) is 29.3. The van der Waals surface area contributed by atoms with Gasteiger partial charge in [-0.1, -0.05) is 55.4 Å². The topological polar surface area (TPSA) is 103 Å². The Balaban J connectivity index is 2.65. The van der Waals surface area contributed by atoms with E-state index in [1.807, 2.05) is 13.1 Å². The fraction of sp³-hybridized carbons (Fsp3) is 0.852. The first kappa shape index (κ1) is 33.4. The fourth-order valence-electron chi connectivity index (χ4n) is 4.07. The number of ether oxygens (including phenoxy) is 1. The van der Waals surface area contributed by atoms with E-state index in [1.54, 1.807) is 0 Å². The van der Waals surface area contributed by atoms with Crippen molar-refractivity contribution in [2.45, 2.75) is 135 Å². The minimum absolute atomic E-state index is 0.0319. The number of nitrogens with zero attached hydrogens (tertiary/aromatic N) is 1. The summed E-state index contributed by atoms with van der Waals surface area (Å²) in [6, 6.07) is 1.35. The standard InChI is InChI=1S/C27H54N2O6Si3/c1-25(2,3)37(11,12)33-18-20-22(35-38(13,14)26(4,5)6)19(17-27(7,8)36(9,10)32)23(34-20)29-16-15-21(30)28-24(29)31/h15-16,19-20,22-23,32H,17-18H2,1-14H3,(H,28,30,31)/t19-,20+,22?,23+/m0/s1. The van der Waals surface area contributed by atoms with Crippen LogP contribution in [-0.2, 0) is 13.6 Å². The average molecular weight is 587 g/mol. The maximum absolute atomic E-state index is 13.0. The van der Waals surface area contributed by atoms with Gasteiger partial charge in [0.05, 0.1) is 12.7 Å². The Hall–Kier alpha value is -0.829. The number of hydrogen-bond acceptors (Lipinski definition) is 6. The fourth-order valence-corrected chi connectivity index (χ4v) is 7.18. The van der Waals surface area contributed by atoms with E-state index in [-0.39, 0.29) is 27.1 Å². The molecule has 1 aliphatic rings. The van der Waals surface area contributed by atoms with Crippen LogP contribution in [0.5, 0.6) is 0 Å². The quantitative estimate of drug-likeness (QED) is 0.353. The van der Waals surface area contributed by atoms with Crippen LogP contribution in [0, 0.1) is 5.92 Å². The number of aromatic amines is 1. The van der Waals surface area contributed by atoms with Crippen LogP contribution in [0.25, 0.3) is 0 Å². The average Bonchev–Trinajstić information content (AvgIpc) is 3.00. The van der Waals surface area contributed by atoms with Crippen molar-refractivity contribution < 1.29 is 18.4 Å². The predicted molar refractivity (Wildman–Crippen MR) is 162 cm³/mol. The number of nitrogens with one attached hydrogen (secondary N) is 1.